The fourth-order valence-corrected chi connectivity index (χ4v) is 4.12. The van der Waals surface area contributed by atoms with Gasteiger partial charge in [0.2, 0.25) is 17.8 Å². The van der Waals surface area contributed by atoms with Crippen LogP contribution in [0, 0.1) is 25.2 Å². The van der Waals surface area contributed by atoms with Crippen LogP contribution in [0.25, 0.3) is 22.2 Å². The Morgan fingerprint density at radius 3 is 2.24 bits per heavy atom. The number of hydrogen-bond acceptors (Lipinski definition) is 8. The summed E-state index contributed by atoms with van der Waals surface area (Å²) in [4.78, 5) is 20.1. The second kappa shape index (κ2) is 9.59. The number of aryl methyl sites for hydroxylation is 3. The standard InChI is InChI=1S/C28H26N8O/c1-17-12-20(21-15-30-28(31-16-21)35(3)4)13-18(2)25(17)37-26-24-23(10-11-36(24)5)33-27(34-26)32-22-8-6-19(14-29)7-9-22/h6-13,15-16H,1-5H3,(H,32,33,34). The molecule has 3 aromatic heterocycles. The number of aromatic nitrogens is 5. The first kappa shape index (κ1) is 23.8. The molecule has 0 saturated heterocycles. The van der Waals surface area contributed by atoms with Gasteiger partial charge in [-0.2, -0.15) is 10.2 Å². The molecule has 5 aromatic rings. The third-order valence-electron chi connectivity index (χ3n) is 5.99. The lowest BCUT2D eigenvalue weighted by Gasteiger charge is -2.16. The van der Waals surface area contributed by atoms with Gasteiger partial charge < -0.3 is 19.5 Å². The number of rotatable bonds is 6. The van der Waals surface area contributed by atoms with Gasteiger partial charge in [0.05, 0.1) is 17.1 Å². The summed E-state index contributed by atoms with van der Waals surface area (Å²) in [6.07, 6.45) is 5.59. The molecule has 0 spiro atoms. The third kappa shape index (κ3) is 4.77. The number of nitrogens with one attached hydrogen (secondary N) is 1. The van der Waals surface area contributed by atoms with Crippen molar-refractivity contribution in [1.29, 1.82) is 5.26 Å². The van der Waals surface area contributed by atoms with Crippen LogP contribution < -0.4 is 15.0 Å². The molecule has 37 heavy (non-hydrogen) atoms. The van der Waals surface area contributed by atoms with Gasteiger partial charge in [0.25, 0.3) is 0 Å². The van der Waals surface area contributed by atoms with Crippen molar-refractivity contribution in [3.05, 3.63) is 77.7 Å². The van der Waals surface area contributed by atoms with Gasteiger partial charge in [-0.05, 0) is 73.0 Å². The smallest absolute Gasteiger partial charge is 0.249 e. The van der Waals surface area contributed by atoms with Gasteiger partial charge in [0.15, 0.2) is 0 Å². The largest absolute Gasteiger partial charge is 0.436 e. The van der Waals surface area contributed by atoms with Crippen LogP contribution in [0.3, 0.4) is 0 Å². The number of anilines is 3. The molecule has 5 rings (SSSR count). The first-order chi connectivity index (χ1) is 17.8. The molecule has 0 bridgehead atoms. The van der Waals surface area contributed by atoms with Crippen LogP contribution in [-0.4, -0.2) is 38.6 Å². The van der Waals surface area contributed by atoms with E-state index in [0.717, 1.165) is 44.7 Å². The van der Waals surface area contributed by atoms with Crippen LogP contribution >= 0.6 is 0 Å². The molecule has 0 radical (unpaired) electrons. The van der Waals surface area contributed by atoms with Gasteiger partial charge in [0.1, 0.15) is 11.3 Å². The second-order valence-electron chi connectivity index (χ2n) is 9.03. The van der Waals surface area contributed by atoms with Crippen molar-refractivity contribution >= 4 is 28.6 Å². The Hall–Kier alpha value is -4.97. The van der Waals surface area contributed by atoms with Crippen molar-refractivity contribution in [2.45, 2.75) is 13.8 Å². The maximum absolute atomic E-state index is 9.05. The van der Waals surface area contributed by atoms with Gasteiger partial charge >= 0.3 is 0 Å². The van der Waals surface area contributed by atoms with Gasteiger partial charge in [-0.1, -0.05) is 0 Å². The number of hydrogen-bond donors (Lipinski definition) is 1. The van der Waals surface area contributed by atoms with Gasteiger partial charge in [0, 0.05) is 51.0 Å². The Bertz CT molecular complexity index is 1610. The van der Waals surface area contributed by atoms with Crippen LogP contribution in [0.1, 0.15) is 16.7 Å². The van der Waals surface area contributed by atoms with E-state index in [-0.39, 0.29) is 0 Å². The molecule has 0 fully saturated rings. The Morgan fingerprint density at radius 1 is 0.946 bits per heavy atom. The molecular formula is C28H26N8O. The summed E-state index contributed by atoms with van der Waals surface area (Å²) in [6, 6.07) is 15.3. The van der Waals surface area contributed by atoms with E-state index in [1.165, 1.54) is 0 Å². The zero-order valence-electron chi connectivity index (χ0n) is 21.3. The van der Waals surface area contributed by atoms with Crippen molar-refractivity contribution < 1.29 is 4.74 Å². The molecule has 0 aliphatic carbocycles. The molecule has 0 unspecified atom stereocenters. The summed E-state index contributed by atoms with van der Waals surface area (Å²) in [5, 5.41) is 12.3. The van der Waals surface area contributed by atoms with Gasteiger partial charge in [-0.3, -0.25) is 0 Å². The first-order valence-electron chi connectivity index (χ1n) is 11.7. The first-order valence-corrected chi connectivity index (χ1v) is 11.7. The average molecular weight is 491 g/mol. The molecule has 2 aromatic carbocycles. The second-order valence-corrected chi connectivity index (χ2v) is 9.03. The van der Waals surface area contributed by atoms with Gasteiger partial charge in [-0.15, -0.1) is 0 Å². The predicted molar refractivity (Wildman–Crippen MR) is 144 cm³/mol. The molecular weight excluding hydrogens is 464 g/mol. The molecule has 9 nitrogen and oxygen atoms in total. The minimum atomic E-state index is 0.406. The van der Waals surface area contributed by atoms with Crippen molar-refractivity contribution in [3.63, 3.8) is 0 Å². The van der Waals surface area contributed by atoms with E-state index >= 15 is 0 Å². The Morgan fingerprint density at radius 2 is 1.62 bits per heavy atom. The molecule has 184 valence electrons. The fraction of sp³-hybridized carbons (Fsp3) is 0.179. The van der Waals surface area contributed by atoms with E-state index in [9.17, 15) is 0 Å². The fourth-order valence-electron chi connectivity index (χ4n) is 4.12. The highest BCUT2D eigenvalue weighted by Crippen LogP contribution is 2.36. The molecule has 0 aliphatic heterocycles. The number of nitrogens with zero attached hydrogens (tertiary/aromatic N) is 7. The molecule has 0 aliphatic rings. The van der Waals surface area contributed by atoms with Crippen molar-refractivity contribution in [2.75, 3.05) is 24.3 Å². The number of nitriles is 1. The quantitative estimate of drug-likeness (QED) is 0.332. The molecule has 9 heteroatoms. The summed E-state index contributed by atoms with van der Waals surface area (Å²) in [7, 11) is 5.77. The molecule has 1 N–H and O–H groups in total. The van der Waals surface area contributed by atoms with E-state index in [2.05, 4.69) is 38.5 Å². The highest BCUT2D eigenvalue weighted by molar-refractivity contribution is 5.83. The normalized spacial score (nSPS) is 10.8. The van der Waals surface area contributed by atoms with E-state index in [1.54, 1.807) is 12.1 Å². The summed E-state index contributed by atoms with van der Waals surface area (Å²) in [6.45, 7) is 4.03. The monoisotopic (exact) mass is 490 g/mol. The van der Waals surface area contributed by atoms with Crippen molar-refractivity contribution in [3.8, 4) is 28.8 Å². The topological polar surface area (TPSA) is 105 Å². The van der Waals surface area contributed by atoms with E-state index in [0.29, 0.717) is 23.3 Å². The number of fused-ring (bicyclic) bond motifs is 1. The molecule has 0 amide bonds. The minimum absolute atomic E-state index is 0.406. The third-order valence-corrected chi connectivity index (χ3v) is 5.99. The maximum Gasteiger partial charge on any atom is 0.249 e. The van der Waals surface area contributed by atoms with Crippen molar-refractivity contribution in [1.82, 2.24) is 24.5 Å². The number of benzene rings is 2. The van der Waals surface area contributed by atoms with Crippen LogP contribution in [0.15, 0.2) is 61.1 Å². The summed E-state index contributed by atoms with van der Waals surface area (Å²) in [5.41, 5.74) is 6.80. The highest BCUT2D eigenvalue weighted by Gasteiger charge is 2.17. The summed E-state index contributed by atoms with van der Waals surface area (Å²) < 4.78 is 8.40. The van der Waals surface area contributed by atoms with E-state index < -0.39 is 0 Å². The highest BCUT2D eigenvalue weighted by atomic mass is 16.5. The minimum Gasteiger partial charge on any atom is -0.436 e. The van der Waals surface area contributed by atoms with Crippen LogP contribution in [0.2, 0.25) is 0 Å². The molecule has 0 atom stereocenters. The van der Waals surface area contributed by atoms with E-state index in [1.807, 2.05) is 81.2 Å². The van der Waals surface area contributed by atoms with Crippen LogP contribution in [0.5, 0.6) is 11.6 Å². The maximum atomic E-state index is 9.05. The lowest BCUT2D eigenvalue weighted by atomic mass is 10.0. The predicted octanol–water partition coefficient (Wildman–Crippen LogP) is 5.52. The molecule has 0 saturated carbocycles. The van der Waals surface area contributed by atoms with Crippen molar-refractivity contribution in [2.24, 2.45) is 7.05 Å². The van der Waals surface area contributed by atoms with Crippen LogP contribution in [0.4, 0.5) is 17.6 Å². The van der Waals surface area contributed by atoms with Crippen LogP contribution in [-0.2, 0) is 7.05 Å². The van der Waals surface area contributed by atoms with Gasteiger partial charge in [-0.25, -0.2) is 15.0 Å². The van der Waals surface area contributed by atoms with E-state index in [4.69, 9.17) is 15.0 Å². The zero-order chi connectivity index (χ0) is 26.1. The Balaban J connectivity index is 1.49. The molecule has 3 heterocycles. The SMILES string of the molecule is Cc1cc(-c2cnc(N(C)C)nc2)cc(C)c1Oc1nc(Nc2ccc(C#N)cc2)nc2ccn(C)c12. The Kier molecular flexibility index (Phi) is 6.15. The lowest BCUT2D eigenvalue weighted by Crippen LogP contribution is -2.12. The number of ether oxygens (including phenoxy) is 1. The lowest BCUT2D eigenvalue weighted by molar-refractivity contribution is 0.459. The Labute approximate surface area is 215 Å². The average Bonchev–Trinajstić information content (AvgIpc) is 3.27. The summed E-state index contributed by atoms with van der Waals surface area (Å²) >= 11 is 0. The zero-order valence-corrected chi connectivity index (χ0v) is 21.3. The summed E-state index contributed by atoms with van der Waals surface area (Å²) in [5.74, 6) is 2.26.